The van der Waals surface area contributed by atoms with E-state index in [1.165, 1.54) is 11.8 Å². The monoisotopic (exact) mass is 322 g/mol. The van der Waals surface area contributed by atoms with E-state index in [-0.39, 0.29) is 0 Å². The summed E-state index contributed by atoms with van der Waals surface area (Å²) >= 11 is 7.41. The van der Waals surface area contributed by atoms with Crippen molar-refractivity contribution < 1.29 is 14.6 Å². The first kappa shape index (κ1) is 15.9. The lowest BCUT2D eigenvalue weighted by molar-refractivity contribution is -0.136. The van der Waals surface area contributed by atoms with E-state index in [2.05, 4.69) is 4.74 Å². The number of carboxylic acid groups (broad SMARTS) is 1. The van der Waals surface area contributed by atoms with Crippen molar-refractivity contribution in [1.29, 1.82) is 0 Å². The van der Waals surface area contributed by atoms with Gasteiger partial charge in [0, 0.05) is 9.79 Å². The number of carboxylic acids is 1. The van der Waals surface area contributed by atoms with Crippen molar-refractivity contribution in [3.63, 3.8) is 0 Å². The molecule has 1 heterocycles. The Morgan fingerprint density at radius 1 is 1.10 bits per heavy atom. The molecule has 1 N–H and O–H groups in total. The van der Waals surface area contributed by atoms with Crippen LogP contribution in [0.1, 0.15) is 10.9 Å². The third kappa shape index (κ3) is 5.42. The predicted octanol–water partition coefficient (Wildman–Crippen LogP) is 4.22. The highest BCUT2D eigenvalue weighted by Gasteiger charge is 2.19. The second-order valence-electron chi connectivity index (χ2n) is 4.27. The molecular weight excluding hydrogens is 308 g/mol. The quantitative estimate of drug-likeness (QED) is 0.676. The Labute approximate surface area is 132 Å². The third-order valence-electron chi connectivity index (χ3n) is 2.58. The lowest BCUT2D eigenvalue weighted by atomic mass is 10.1. The van der Waals surface area contributed by atoms with Gasteiger partial charge in [0.1, 0.15) is 0 Å². The Bertz CT molecular complexity index is 584. The first-order valence-electron chi connectivity index (χ1n) is 6.45. The second-order valence-corrected chi connectivity index (χ2v) is 5.82. The molecule has 1 fully saturated rings. The minimum absolute atomic E-state index is 0.625. The maximum Gasteiger partial charge on any atom is 0.326 e. The lowest BCUT2D eigenvalue weighted by Gasteiger charge is -2.10. The number of rotatable bonds is 4. The number of benzene rings is 2. The number of ether oxygens (including phenoxy) is 1. The first-order valence-corrected chi connectivity index (χ1v) is 7.70. The van der Waals surface area contributed by atoms with Crippen LogP contribution in [-0.2, 0) is 9.53 Å². The summed E-state index contributed by atoms with van der Waals surface area (Å²) < 4.78 is 4.50. The molecule has 2 aromatic carbocycles. The first-order chi connectivity index (χ1) is 10.2. The van der Waals surface area contributed by atoms with Crippen LogP contribution in [0.5, 0.6) is 0 Å². The molecule has 0 amide bonds. The third-order valence-corrected chi connectivity index (χ3v) is 4.11. The standard InChI is InChI=1S/C14H11ClO2S.C2H4O/c15-13(14(16)17)11-8-4-5-9-12(11)18-10-6-2-1-3-7-10;1-2-3-1/h1-9,13H,(H,16,17);1-2H2. The van der Waals surface area contributed by atoms with Crippen LogP contribution in [0.4, 0.5) is 0 Å². The van der Waals surface area contributed by atoms with E-state index in [0.717, 1.165) is 23.0 Å². The van der Waals surface area contributed by atoms with E-state index < -0.39 is 11.3 Å². The molecule has 21 heavy (non-hydrogen) atoms. The minimum atomic E-state index is -1.03. The van der Waals surface area contributed by atoms with Gasteiger partial charge < -0.3 is 9.84 Å². The molecule has 3 rings (SSSR count). The Hall–Kier alpha value is -1.49. The summed E-state index contributed by atoms with van der Waals surface area (Å²) in [5.74, 6) is -1.03. The van der Waals surface area contributed by atoms with Gasteiger partial charge in [0.05, 0.1) is 13.2 Å². The average Bonchev–Trinajstić information content (AvgIpc) is 3.37. The van der Waals surface area contributed by atoms with Gasteiger partial charge in [-0.05, 0) is 23.8 Å². The van der Waals surface area contributed by atoms with E-state index in [1.54, 1.807) is 12.1 Å². The van der Waals surface area contributed by atoms with Crippen molar-refractivity contribution in [3.8, 4) is 0 Å². The molecule has 0 aromatic heterocycles. The summed E-state index contributed by atoms with van der Waals surface area (Å²) in [5, 5.41) is 7.97. The van der Waals surface area contributed by atoms with Gasteiger partial charge in [0.25, 0.3) is 0 Å². The fourth-order valence-electron chi connectivity index (χ4n) is 1.53. The van der Waals surface area contributed by atoms with Crippen LogP contribution in [0.25, 0.3) is 0 Å². The summed E-state index contributed by atoms with van der Waals surface area (Å²) in [6.07, 6.45) is 0. The van der Waals surface area contributed by atoms with Gasteiger partial charge >= 0.3 is 5.97 Å². The van der Waals surface area contributed by atoms with Gasteiger partial charge in [-0.2, -0.15) is 0 Å². The highest BCUT2D eigenvalue weighted by atomic mass is 35.5. The molecule has 1 saturated heterocycles. The molecule has 1 aliphatic heterocycles. The SMILES string of the molecule is C1CO1.O=C(O)C(Cl)c1ccccc1Sc1ccccc1. The zero-order chi connectivity index (χ0) is 15.1. The van der Waals surface area contributed by atoms with Crippen molar-refractivity contribution in [2.75, 3.05) is 13.2 Å². The van der Waals surface area contributed by atoms with E-state index in [9.17, 15) is 4.79 Å². The van der Waals surface area contributed by atoms with Crippen molar-refractivity contribution in [3.05, 3.63) is 60.2 Å². The Morgan fingerprint density at radius 3 is 2.24 bits per heavy atom. The maximum atomic E-state index is 11.0. The predicted molar refractivity (Wildman–Crippen MR) is 84.1 cm³/mol. The lowest BCUT2D eigenvalue weighted by Crippen LogP contribution is -2.05. The van der Waals surface area contributed by atoms with Crippen LogP contribution in [0.2, 0.25) is 0 Å². The molecule has 0 spiro atoms. The molecule has 0 aliphatic carbocycles. The van der Waals surface area contributed by atoms with E-state index in [0.29, 0.717) is 5.56 Å². The normalized spacial score (nSPS) is 13.8. The Balaban J connectivity index is 0.000000477. The fourth-order valence-corrected chi connectivity index (χ4v) is 2.78. The van der Waals surface area contributed by atoms with Crippen molar-refractivity contribution >= 4 is 29.3 Å². The van der Waals surface area contributed by atoms with Crippen LogP contribution >= 0.6 is 23.4 Å². The van der Waals surface area contributed by atoms with Gasteiger partial charge in [-0.1, -0.05) is 48.2 Å². The van der Waals surface area contributed by atoms with Crippen molar-refractivity contribution in [2.45, 2.75) is 15.2 Å². The van der Waals surface area contributed by atoms with Gasteiger partial charge in [0.15, 0.2) is 5.38 Å². The van der Waals surface area contributed by atoms with E-state index in [4.69, 9.17) is 16.7 Å². The molecular formula is C16H15ClO3S. The summed E-state index contributed by atoms with van der Waals surface area (Å²) in [7, 11) is 0. The molecule has 0 radical (unpaired) electrons. The van der Waals surface area contributed by atoms with Crippen LogP contribution in [-0.4, -0.2) is 24.3 Å². The van der Waals surface area contributed by atoms with Gasteiger partial charge in [0.2, 0.25) is 0 Å². The number of alkyl halides is 1. The Kier molecular flexibility index (Phi) is 6.11. The van der Waals surface area contributed by atoms with Crippen LogP contribution in [0.3, 0.4) is 0 Å². The molecule has 0 saturated carbocycles. The molecule has 1 unspecified atom stereocenters. The summed E-state index contributed by atoms with van der Waals surface area (Å²) in [4.78, 5) is 12.9. The fraction of sp³-hybridized carbons (Fsp3) is 0.188. The van der Waals surface area contributed by atoms with Crippen molar-refractivity contribution in [1.82, 2.24) is 0 Å². The molecule has 110 valence electrons. The second kappa shape index (κ2) is 8.08. The molecule has 1 atom stereocenters. The van der Waals surface area contributed by atoms with Crippen molar-refractivity contribution in [2.24, 2.45) is 0 Å². The molecule has 2 aromatic rings. The number of aliphatic carboxylic acids is 1. The summed E-state index contributed by atoms with van der Waals surface area (Å²) in [5.41, 5.74) is 0.625. The number of halogens is 1. The minimum Gasteiger partial charge on any atom is -0.480 e. The van der Waals surface area contributed by atoms with Gasteiger partial charge in [-0.15, -0.1) is 11.6 Å². The molecule has 0 bridgehead atoms. The van der Waals surface area contributed by atoms with Crippen LogP contribution in [0, 0.1) is 0 Å². The largest absolute Gasteiger partial charge is 0.480 e. The zero-order valence-corrected chi connectivity index (χ0v) is 12.8. The molecule has 3 nitrogen and oxygen atoms in total. The summed E-state index contributed by atoms with van der Waals surface area (Å²) in [6, 6.07) is 17.1. The number of hydrogen-bond donors (Lipinski definition) is 1. The number of hydrogen-bond acceptors (Lipinski definition) is 3. The highest BCUT2D eigenvalue weighted by molar-refractivity contribution is 7.99. The van der Waals surface area contributed by atoms with E-state index >= 15 is 0 Å². The highest BCUT2D eigenvalue weighted by Crippen LogP contribution is 2.35. The number of epoxide rings is 1. The molecule has 1 aliphatic rings. The topological polar surface area (TPSA) is 49.8 Å². The van der Waals surface area contributed by atoms with Crippen LogP contribution < -0.4 is 0 Å². The van der Waals surface area contributed by atoms with Gasteiger partial charge in [-0.25, -0.2) is 0 Å². The van der Waals surface area contributed by atoms with E-state index in [1.807, 2.05) is 42.5 Å². The summed E-state index contributed by atoms with van der Waals surface area (Å²) in [6.45, 7) is 2.00. The smallest absolute Gasteiger partial charge is 0.326 e. The average molecular weight is 323 g/mol. The molecule has 5 heteroatoms. The maximum absolute atomic E-state index is 11.0. The Morgan fingerprint density at radius 2 is 1.67 bits per heavy atom. The number of carbonyl (C=O) groups is 1. The zero-order valence-electron chi connectivity index (χ0n) is 11.2. The van der Waals surface area contributed by atoms with Gasteiger partial charge in [-0.3, -0.25) is 4.79 Å². The van der Waals surface area contributed by atoms with Crippen LogP contribution in [0.15, 0.2) is 64.4 Å².